The molecule has 2 atom stereocenters. The molecular formula is C31H41N5O4S. The van der Waals surface area contributed by atoms with Crippen LogP contribution in [0.25, 0.3) is 0 Å². The Morgan fingerprint density at radius 1 is 1.02 bits per heavy atom. The number of hydrogen-bond acceptors (Lipinski definition) is 6. The molecule has 2 N–H and O–H groups in total. The number of benzene rings is 2. The van der Waals surface area contributed by atoms with Gasteiger partial charge in [-0.3, -0.25) is 14.5 Å². The Bertz CT molecular complexity index is 1410. The van der Waals surface area contributed by atoms with E-state index < -0.39 is 10.0 Å². The number of nitrogens with one attached hydrogen (secondary N) is 2. The summed E-state index contributed by atoms with van der Waals surface area (Å²) in [7, 11) is -3.23. The first-order valence-corrected chi connectivity index (χ1v) is 15.9. The Morgan fingerprint density at radius 3 is 2.37 bits per heavy atom. The summed E-state index contributed by atoms with van der Waals surface area (Å²) < 4.78 is 24.4. The average molecular weight is 580 g/mol. The quantitative estimate of drug-likeness (QED) is 0.397. The van der Waals surface area contributed by atoms with Gasteiger partial charge in [0.2, 0.25) is 22.3 Å². The van der Waals surface area contributed by atoms with Crippen LogP contribution in [0, 0.1) is 6.92 Å². The van der Waals surface area contributed by atoms with Gasteiger partial charge in [-0.25, -0.2) is 12.4 Å². The van der Waals surface area contributed by atoms with Crippen LogP contribution in [0.4, 0.5) is 0 Å². The van der Waals surface area contributed by atoms with Crippen molar-refractivity contribution in [1.82, 2.24) is 24.4 Å². The third-order valence-corrected chi connectivity index (χ3v) is 8.61. The van der Waals surface area contributed by atoms with E-state index in [0.717, 1.165) is 44.6 Å². The summed E-state index contributed by atoms with van der Waals surface area (Å²) in [5.74, 6) is 0.0964. The first-order chi connectivity index (χ1) is 19.6. The van der Waals surface area contributed by atoms with Crippen LogP contribution >= 0.6 is 0 Å². The lowest BCUT2D eigenvalue weighted by Crippen LogP contribution is -2.50. The highest BCUT2D eigenvalue weighted by molar-refractivity contribution is 7.89. The number of amides is 2. The van der Waals surface area contributed by atoms with Crippen LogP contribution in [0.15, 0.2) is 66.9 Å². The third-order valence-electron chi connectivity index (χ3n) is 7.54. The van der Waals surface area contributed by atoms with Crippen LogP contribution < -0.4 is 10.6 Å². The summed E-state index contributed by atoms with van der Waals surface area (Å²) in [5.41, 5.74) is 5.85. The minimum atomic E-state index is -3.23. The van der Waals surface area contributed by atoms with Crippen molar-refractivity contribution in [3.63, 3.8) is 0 Å². The lowest BCUT2D eigenvalue weighted by molar-refractivity contribution is -0.124. The van der Waals surface area contributed by atoms with Crippen molar-refractivity contribution in [2.45, 2.75) is 51.9 Å². The number of aryl methyl sites for hydroxylation is 1. The maximum absolute atomic E-state index is 12.5. The van der Waals surface area contributed by atoms with Crippen LogP contribution in [0.1, 0.15) is 34.9 Å². The Morgan fingerprint density at radius 2 is 1.71 bits per heavy atom. The summed E-state index contributed by atoms with van der Waals surface area (Å²) in [5, 5.41) is 6.48. The minimum Gasteiger partial charge on any atom is -0.352 e. The Kier molecular flexibility index (Phi) is 10.4. The molecular weight excluding hydrogens is 538 g/mol. The third kappa shape index (κ3) is 8.76. The second-order valence-electron chi connectivity index (χ2n) is 11.0. The molecule has 1 aromatic heterocycles. The van der Waals surface area contributed by atoms with Crippen molar-refractivity contribution < 1.29 is 18.0 Å². The number of nitrogens with zero attached hydrogens (tertiary/aromatic N) is 3. The molecule has 0 radical (unpaired) electrons. The van der Waals surface area contributed by atoms with Crippen LogP contribution in [-0.4, -0.2) is 79.0 Å². The summed E-state index contributed by atoms with van der Waals surface area (Å²) in [6.45, 7) is 8.44. The first-order valence-electron chi connectivity index (χ1n) is 14.1. The zero-order chi connectivity index (χ0) is 29.4. The second-order valence-corrected chi connectivity index (χ2v) is 12.8. The average Bonchev–Trinajstić information content (AvgIpc) is 3.44. The molecule has 3 heterocycles. The SMILES string of the molecule is CS(=O)(=O)n1cccc1CN1CCN(C=O)CC1.Cc1ccc(CC(C)NC(=O)C2Cc3ccccc3CN2)cc1. The van der Waals surface area contributed by atoms with Crippen molar-refractivity contribution in [3.05, 3.63) is 94.8 Å². The second kappa shape index (κ2) is 13.9. The number of aromatic nitrogens is 1. The topological polar surface area (TPSA) is 104 Å². The number of carbonyl (C=O) groups excluding carboxylic acids is 2. The Balaban J connectivity index is 0.000000195. The van der Waals surface area contributed by atoms with Gasteiger partial charge >= 0.3 is 0 Å². The minimum absolute atomic E-state index is 0.0964. The Hall–Kier alpha value is -3.47. The van der Waals surface area contributed by atoms with E-state index in [1.165, 1.54) is 32.5 Å². The van der Waals surface area contributed by atoms with E-state index >= 15 is 0 Å². The maximum atomic E-state index is 12.5. The molecule has 2 amide bonds. The zero-order valence-electron chi connectivity index (χ0n) is 24.1. The Labute approximate surface area is 243 Å². The van der Waals surface area contributed by atoms with Crippen molar-refractivity contribution in [2.75, 3.05) is 32.4 Å². The summed E-state index contributed by atoms with van der Waals surface area (Å²) >= 11 is 0. The van der Waals surface area contributed by atoms with Crippen LogP contribution in [0.3, 0.4) is 0 Å². The van der Waals surface area contributed by atoms with E-state index in [4.69, 9.17) is 0 Å². The fourth-order valence-electron chi connectivity index (χ4n) is 5.22. The molecule has 1 saturated heterocycles. The molecule has 3 aromatic rings. The lowest BCUT2D eigenvalue weighted by atomic mass is 9.95. The highest BCUT2D eigenvalue weighted by atomic mass is 32.2. The van der Waals surface area contributed by atoms with Gasteiger partial charge < -0.3 is 15.5 Å². The molecule has 5 rings (SSSR count). The van der Waals surface area contributed by atoms with Gasteiger partial charge in [0, 0.05) is 57.2 Å². The van der Waals surface area contributed by atoms with Gasteiger partial charge in [0.25, 0.3) is 0 Å². The highest BCUT2D eigenvalue weighted by Crippen LogP contribution is 2.17. The van der Waals surface area contributed by atoms with Crippen LogP contribution in [0.2, 0.25) is 0 Å². The van der Waals surface area contributed by atoms with E-state index in [2.05, 4.69) is 65.8 Å². The molecule has 2 aromatic carbocycles. The number of fused-ring (bicyclic) bond motifs is 1. The van der Waals surface area contributed by atoms with Crippen LogP contribution in [0.5, 0.6) is 0 Å². The van der Waals surface area contributed by atoms with E-state index in [-0.39, 0.29) is 18.0 Å². The molecule has 2 aliphatic heterocycles. The standard InChI is InChI=1S/C20H24N2O.C11H17N3O3S/c1-14-7-9-16(10-8-14)11-15(2)22-20(23)19-12-17-5-3-4-6-18(17)13-21-19;1-18(16,17)14-4-2-3-11(14)9-12-5-7-13(10-15)8-6-12/h3-10,15,19,21H,11-13H2,1-2H3,(H,22,23);2-4,10H,5-9H2,1H3. The van der Waals surface area contributed by atoms with Crippen LogP contribution in [-0.2, 0) is 45.5 Å². The molecule has 2 unspecified atom stereocenters. The molecule has 220 valence electrons. The predicted molar refractivity (Wildman–Crippen MR) is 161 cm³/mol. The van der Waals surface area contributed by atoms with Gasteiger partial charge in [-0.1, -0.05) is 54.1 Å². The van der Waals surface area contributed by atoms with Crippen molar-refractivity contribution >= 4 is 22.3 Å². The number of carbonyl (C=O) groups is 2. The molecule has 10 heteroatoms. The lowest BCUT2D eigenvalue weighted by Gasteiger charge is -2.32. The van der Waals surface area contributed by atoms with E-state index in [1.807, 2.05) is 18.2 Å². The maximum Gasteiger partial charge on any atom is 0.237 e. The fourth-order valence-corrected chi connectivity index (χ4v) is 6.05. The van der Waals surface area contributed by atoms with Gasteiger partial charge in [0.05, 0.1) is 12.3 Å². The molecule has 41 heavy (non-hydrogen) atoms. The number of piperazine rings is 1. The molecule has 9 nitrogen and oxygen atoms in total. The molecule has 2 aliphatic rings. The molecule has 0 spiro atoms. The summed E-state index contributed by atoms with van der Waals surface area (Å²) in [6.07, 6.45) is 5.23. The smallest absolute Gasteiger partial charge is 0.237 e. The molecule has 1 fully saturated rings. The monoisotopic (exact) mass is 579 g/mol. The van der Waals surface area contributed by atoms with Gasteiger partial charge in [-0.15, -0.1) is 0 Å². The van der Waals surface area contributed by atoms with Crippen molar-refractivity contribution in [3.8, 4) is 0 Å². The predicted octanol–water partition coefficient (Wildman–Crippen LogP) is 2.33. The number of rotatable bonds is 8. The summed E-state index contributed by atoms with van der Waals surface area (Å²) in [6, 6.07) is 20.4. The van der Waals surface area contributed by atoms with E-state index in [9.17, 15) is 18.0 Å². The van der Waals surface area contributed by atoms with Gasteiger partial charge in [0.1, 0.15) is 0 Å². The molecule has 0 aliphatic carbocycles. The number of hydrogen-bond donors (Lipinski definition) is 2. The largest absolute Gasteiger partial charge is 0.352 e. The molecule has 0 bridgehead atoms. The molecule has 0 saturated carbocycles. The van der Waals surface area contributed by atoms with Gasteiger partial charge in [0.15, 0.2) is 0 Å². The van der Waals surface area contributed by atoms with E-state index in [1.54, 1.807) is 17.2 Å². The van der Waals surface area contributed by atoms with Crippen molar-refractivity contribution in [1.29, 1.82) is 0 Å². The highest BCUT2D eigenvalue weighted by Gasteiger charge is 2.24. The first kappa shape index (κ1) is 30.5. The van der Waals surface area contributed by atoms with Crippen molar-refractivity contribution in [2.24, 2.45) is 0 Å². The fraction of sp³-hybridized carbons (Fsp3) is 0.419. The van der Waals surface area contributed by atoms with E-state index in [0.29, 0.717) is 19.6 Å². The zero-order valence-corrected chi connectivity index (χ0v) is 24.9. The van der Waals surface area contributed by atoms with Gasteiger partial charge in [-0.05, 0) is 55.5 Å². The summed E-state index contributed by atoms with van der Waals surface area (Å²) in [4.78, 5) is 27.0. The normalized spacial score (nSPS) is 18.0. The van der Waals surface area contributed by atoms with Gasteiger partial charge in [-0.2, -0.15) is 0 Å².